The molecule has 186 valence electrons. The van der Waals surface area contributed by atoms with E-state index < -0.39 is 25.9 Å². The predicted octanol–water partition coefficient (Wildman–Crippen LogP) is 2.77. The standard InChI is InChI=1S/C23H30FN3O5S2/c1-18-6-5-11-27(17-18)33(28,29)19-9-10-22(32-2)21(16-19)25-12-14-26(15-13-25)34(30,31)23-8-4-3-7-20(23)24/h3-4,7-10,16,18H,5-6,11-15,17H2,1-2H3. The van der Waals surface area contributed by atoms with Gasteiger partial charge in [-0.2, -0.15) is 8.61 Å². The van der Waals surface area contributed by atoms with Crippen LogP contribution in [0.5, 0.6) is 5.75 Å². The summed E-state index contributed by atoms with van der Waals surface area (Å²) in [4.78, 5) is 1.76. The molecule has 2 fully saturated rings. The molecule has 0 aliphatic carbocycles. The second kappa shape index (κ2) is 9.80. The smallest absolute Gasteiger partial charge is 0.246 e. The Morgan fingerprint density at radius 1 is 0.912 bits per heavy atom. The van der Waals surface area contributed by atoms with E-state index in [1.807, 2.05) is 4.90 Å². The minimum absolute atomic E-state index is 0.139. The van der Waals surface area contributed by atoms with E-state index in [4.69, 9.17) is 4.74 Å². The van der Waals surface area contributed by atoms with Gasteiger partial charge in [0.25, 0.3) is 0 Å². The first kappa shape index (κ1) is 24.9. The van der Waals surface area contributed by atoms with Crippen LogP contribution >= 0.6 is 0 Å². The Morgan fingerprint density at radius 2 is 1.62 bits per heavy atom. The van der Waals surface area contributed by atoms with E-state index in [1.165, 1.54) is 33.9 Å². The van der Waals surface area contributed by atoms with Crippen molar-refractivity contribution in [3.63, 3.8) is 0 Å². The number of anilines is 1. The molecule has 2 aromatic rings. The molecule has 1 unspecified atom stereocenters. The molecule has 2 aliphatic rings. The number of hydrogen-bond acceptors (Lipinski definition) is 6. The van der Waals surface area contributed by atoms with Gasteiger partial charge in [0.05, 0.1) is 17.7 Å². The summed E-state index contributed by atoms with van der Waals surface area (Å²) in [5, 5.41) is 0. The Labute approximate surface area is 201 Å². The predicted molar refractivity (Wildman–Crippen MR) is 128 cm³/mol. The van der Waals surface area contributed by atoms with Crippen LogP contribution in [-0.2, 0) is 20.0 Å². The Balaban J connectivity index is 1.56. The average Bonchev–Trinajstić information content (AvgIpc) is 2.84. The molecule has 0 aromatic heterocycles. The van der Waals surface area contributed by atoms with Crippen molar-refractivity contribution >= 4 is 25.7 Å². The van der Waals surface area contributed by atoms with Crippen molar-refractivity contribution in [3.05, 3.63) is 48.3 Å². The number of piperidine rings is 1. The molecule has 0 spiro atoms. The fourth-order valence-electron chi connectivity index (χ4n) is 4.55. The van der Waals surface area contributed by atoms with Crippen LogP contribution in [0.25, 0.3) is 0 Å². The van der Waals surface area contributed by atoms with Gasteiger partial charge in [-0.25, -0.2) is 21.2 Å². The van der Waals surface area contributed by atoms with Crippen LogP contribution in [0.2, 0.25) is 0 Å². The number of methoxy groups -OCH3 is 1. The zero-order valence-electron chi connectivity index (χ0n) is 19.4. The lowest BCUT2D eigenvalue weighted by molar-refractivity contribution is 0.281. The van der Waals surface area contributed by atoms with Gasteiger partial charge in [-0.3, -0.25) is 0 Å². The largest absolute Gasteiger partial charge is 0.495 e. The van der Waals surface area contributed by atoms with Crippen LogP contribution in [0.3, 0.4) is 0 Å². The van der Waals surface area contributed by atoms with Crippen LogP contribution in [0.1, 0.15) is 19.8 Å². The zero-order valence-corrected chi connectivity index (χ0v) is 21.0. The van der Waals surface area contributed by atoms with Crippen molar-refractivity contribution in [1.29, 1.82) is 0 Å². The van der Waals surface area contributed by atoms with Gasteiger partial charge in [-0.1, -0.05) is 19.1 Å². The molecule has 34 heavy (non-hydrogen) atoms. The third-order valence-corrected chi connectivity index (χ3v) is 10.2. The van der Waals surface area contributed by atoms with E-state index in [2.05, 4.69) is 6.92 Å². The number of halogens is 1. The van der Waals surface area contributed by atoms with Gasteiger partial charge in [0.1, 0.15) is 16.5 Å². The number of piperazine rings is 1. The number of nitrogens with zero attached hydrogens (tertiary/aromatic N) is 3. The van der Waals surface area contributed by atoms with E-state index in [0.29, 0.717) is 43.5 Å². The van der Waals surface area contributed by atoms with Gasteiger partial charge in [-0.05, 0) is 49.1 Å². The van der Waals surface area contributed by atoms with E-state index >= 15 is 0 Å². The van der Waals surface area contributed by atoms with Crippen LogP contribution in [0.4, 0.5) is 10.1 Å². The maximum Gasteiger partial charge on any atom is 0.246 e. The van der Waals surface area contributed by atoms with E-state index in [9.17, 15) is 21.2 Å². The molecular weight excluding hydrogens is 481 g/mol. The fraction of sp³-hybridized carbons (Fsp3) is 0.478. The van der Waals surface area contributed by atoms with Crippen molar-refractivity contribution in [3.8, 4) is 5.75 Å². The first-order valence-electron chi connectivity index (χ1n) is 11.3. The molecule has 0 saturated carbocycles. The second-order valence-corrected chi connectivity index (χ2v) is 12.6. The number of rotatable bonds is 6. The molecule has 0 amide bonds. The van der Waals surface area contributed by atoms with Gasteiger partial charge in [0.2, 0.25) is 20.0 Å². The summed E-state index contributed by atoms with van der Waals surface area (Å²) >= 11 is 0. The molecule has 11 heteroatoms. The van der Waals surface area contributed by atoms with Gasteiger partial charge in [0, 0.05) is 39.3 Å². The SMILES string of the molecule is COc1ccc(S(=O)(=O)N2CCCC(C)C2)cc1N1CCN(S(=O)(=O)c2ccccc2F)CC1. The summed E-state index contributed by atoms with van der Waals surface area (Å²) in [6.07, 6.45) is 1.85. The summed E-state index contributed by atoms with van der Waals surface area (Å²) in [6.45, 7) is 3.95. The summed E-state index contributed by atoms with van der Waals surface area (Å²) in [6, 6.07) is 10.1. The van der Waals surface area contributed by atoms with Gasteiger partial charge >= 0.3 is 0 Å². The van der Waals surface area contributed by atoms with Crippen molar-refractivity contribution in [2.24, 2.45) is 5.92 Å². The lowest BCUT2D eigenvalue weighted by Crippen LogP contribution is -2.49. The third kappa shape index (κ3) is 4.79. The summed E-state index contributed by atoms with van der Waals surface area (Å²) in [5.74, 6) is 0.0404. The number of ether oxygens (including phenoxy) is 1. The Morgan fingerprint density at radius 3 is 2.26 bits per heavy atom. The minimum atomic E-state index is -3.97. The first-order chi connectivity index (χ1) is 16.1. The lowest BCUT2D eigenvalue weighted by Gasteiger charge is -2.36. The van der Waals surface area contributed by atoms with Crippen LogP contribution < -0.4 is 9.64 Å². The van der Waals surface area contributed by atoms with E-state index in [0.717, 1.165) is 18.9 Å². The first-order valence-corrected chi connectivity index (χ1v) is 14.2. The van der Waals surface area contributed by atoms with Crippen LogP contribution in [-0.4, -0.2) is 71.8 Å². The van der Waals surface area contributed by atoms with Crippen molar-refractivity contribution in [2.75, 3.05) is 51.3 Å². The fourth-order valence-corrected chi connectivity index (χ4v) is 7.66. The lowest BCUT2D eigenvalue weighted by atomic mass is 10.0. The van der Waals surface area contributed by atoms with Crippen molar-refractivity contribution in [1.82, 2.24) is 8.61 Å². The molecule has 2 saturated heterocycles. The molecule has 1 atom stereocenters. The maximum absolute atomic E-state index is 14.1. The minimum Gasteiger partial charge on any atom is -0.495 e. The van der Waals surface area contributed by atoms with E-state index in [1.54, 1.807) is 18.2 Å². The molecule has 0 N–H and O–H groups in total. The molecule has 0 bridgehead atoms. The maximum atomic E-state index is 14.1. The number of benzene rings is 2. The highest BCUT2D eigenvalue weighted by atomic mass is 32.2. The highest BCUT2D eigenvalue weighted by Gasteiger charge is 2.33. The molecule has 8 nitrogen and oxygen atoms in total. The van der Waals surface area contributed by atoms with Crippen LogP contribution in [0.15, 0.2) is 52.3 Å². The Bertz CT molecular complexity index is 1250. The van der Waals surface area contributed by atoms with Crippen LogP contribution in [0, 0.1) is 11.7 Å². The second-order valence-electron chi connectivity index (χ2n) is 8.77. The van der Waals surface area contributed by atoms with Gasteiger partial charge in [-0.15, -0.1) is 0 Å². The Kier molecular flexibility index (Phi) is 7.18. The van der Waals surface area contributed by atoms with Crippen molar-refractivity contribution < 1.29 is 26.0 Å². The monoisotopic (exact) mass is 511 g/mol. The molecule has 2 heterocycles. The molecular formula is C23H30FN3O5S2. The summed E-state index contributed by atoms with van der Waals surface area (Å²) in [5.41, 5.74) is 0.594. The topological polar surface area (TPSA) is 87.2 Å². The number of hydrogen-bond donors (Lipinski definition) is 0. The average molecular weight is 512 g/mol. The summed E-state index contributed by atoms with van der Waals surface area (Å²) in [7, 11) is -6.11. The van der Waals surface area contributed by atoms with Crippen molar-refractivity contribution in [2.45, 2.75) is 29.6 Å². The third-order valence-electron chi connectivity index (χ3n) is 6.44. The molecule has 4 rings (SSSR count). The normalized spacial score (nSPS) is 20.9. The van der Waals surface area contributed by atoms with Gasteiger partial charge < -0.3 is 9.64 Å². The Hall–Kier alpha value is -2.21. The highest BCUT2D eigenvalue weighted by Crippen LogP contribution is 2.34. The zero-order chi connectivity index (χ0) is 24.5. The summed E-state index contributed by atoms with van der Waals surface area (Å²) < 4.78 is 74.8. The van der Waals surface area contributed by atoms with E-state index in [-0.39, 0.29) is 22.9 Å². The quantitative estimate of drug-likeness (QED) is 0.593. The molecule has 2 aromatic carbocycles. The highest BCUT2D eigenvalue weighted by molar-refractivity contribution is 7.89. The molecule has 2 aliphatic heterocycles. The van der Waals surface area contributed by atoms with Gasteiger partial charge in [0.15, 0.2) is 0 Å². The number of sulfonamides is 2. The molecule has 0 radical (unpaired) electrons.